The highest BCUT2D eigenvalue weighted by molar-refractivity contribution is 7.93. The fraction of sp³-hybridized carbons (Fsp3) is 0.250. The van der Waals surface area contributed by atoms with Gasteiger partial charge in [-0.1, -0.05) is 36.4 Å². The highest BCUT2D eigenvalue weighted by Crippen LogP contribution is 2.42. The second-order valence-corrected chi connectivity index (χ2v) is 10.1. The number of carbonyl (C=O) groups is 1. The molecule has 7 nitrogen and oxygen atoms in total. The van der Waals surface area contributed by atoms with Gasteiger partial charge in [0.1, 0.15) is 12.1 Å². The van der Waals surface area contributed by atoms with E-state index in [9.17, 15) is 13.2 Å². The van der Waals surface area contributed by atoms with Crippen molar-refractivity contribution in [2.75, 3.05) is 23.9 Å². The zero-order chi connectivity index (χ0) is 21.9. The number of carbonyl (C=O) groups excluding carboxylic acids is 1. The second-order valence-electron chi connectivity index (χ2n) is 8.32. The number of rotatable bonds is 3. The first-order valence-corrected chi connectivity index (χ1v) is 12.1. The van der Waals surface area contributed by atoms with Crippen molar-refractivity contribution in [3.8, 4) is 0 Å². The Hall–Kier alpha value is -3.39. The van der Waals surface area contributed by atoms with E-state index < -0.39 is 10.0 Å². The lowest BCUT2D eigenvalue weighted by Gasteiger charge is -2.32. The molecule has 0 atom stereocenters. The topological polar surface area (TPSA) is 83.7 Å². The van der Waals surface area contributed by atoms with Crippen LogP contribution in [0.3, 0.4) is 0 Å². The molecule has 0 N–H and O–H groups in total. The Morgan fingerprint density at radius 3 is 2.53 bits per heavy atom. The third-order valence-electron chi connectivity index (χ3n) is 6.47. The normalized spacial score (nSPS) is 18.0. The number of likely N-dealkylation sites (tertiary alicyclic amines) is 1. The van der Waals surface area contributed by atoms with Crippen molar-refractivity contribution < 1.29 is 17.6 Å². The van der Waals surface area contributed by atoms with E-state index in [0.717, 1.165) is 29.3 Å². The summed E-state index contributed by atoms with van der Waals surface area (Å²) in [4.78, 5) is 19.7. The average molecular weight is 448 g/mol. The number of hydrogen-bond donors (Lipinski definition) is 0. The maximum atomic E-state index is 13.1. The summed E-state index contributed by atoms with van der Waals surface area (Å²) in [5, 5.41) is 1.55. The Balaban J connectivity index is 1.19. The molecule has 0 aliphatic carbocycles. The number of hydrogen-bond acceptors (Lipinski definition) is 5. The first-order chi connectivity index (χ1) is 15.5. The van der Waals surface area contributed by atoms with Gasteiger partial charge in [-0.3, -0.25) is 9.10 Å². The largest absolute Gasteiger partial charge is 0.440 e. The lowest BCUT2D eigenvalue weighted by molar-refractivity contribution is -0.130. The monoisotopic (exact) mass is 447 g/mol. The molecule has 6 rings (SSSR count). The number of fused-ring (bicyclic) bond motifs is 1. The summed E-state index contributed by atoms with van der Waals surface area (Å²) in [5.41, 5.74) is 2.19. The summed E-state index contributed by atoms with van der Waals surface area (Å²) in [6.45, 7) is 0.907. The van der Waals surface area contributed by atoms with Gasteiger partial charge in [0.2, 0.25) is 5.91 Å². The Morgan fingerprint density at radius 1 is 1.00 bits per heavy atom. The minimum atomic E-state index is -3.74. The lowest BCUT2D eigenvalue weighted by atomic mass is 9.97. The molecule has 0 radical (unpaired) electrons. The smallest absolute Gasteiger partial charge is 0.265 e. The molecule has 0 bridgehead atoms. The van der Waals surface area contributed by atoms with Crippen LogP contribution < -0.4 is 4.31 Å². The predicted octanol–water partition coefficient (Wildman–Crippen LogP) is 3.90. The lowest BCUT2D eigenvalue weighted by Crippen LogP contribution is -2.44. The standard InChI is InChI=1S/C24H21N3O4S/c28-22(15-27-19-8-3-5-16-6-4-10-21(23(16)19)32(27,29)30)26-13-11-17(12-14-26)24-25-18-7-1-2-9-20(18)31-24/h1-10,17H,11-15H2. The van der Waals surface area contributed by atoms with Crippen molar-refractivity contribution in [1.82, 2.24) is 9.88 Å². The van der Waals surface area contributed by atoms with Crippen molar-refractivity contribution in [3.63, 3.8) is 0 Å². The maximum Gasteiger partial charge on any atom is 0.265 e. The van der Waals surface area contributed by atoms with Crippen LogP contribution in [0.25, 0.3) is 21.9 Å². The molecule has 1 fully saturated rings. The van der Waals surface area contributed by atoms with E-state index in [1.807, 2.05) is 42.5 Å². The highest BCUT2D eigenvalue weighted by Gasteiger charge is 2.38. The molecule has 4 aromatic rings. The Morgan fingerprint density at radius 2 is 1.75 bits per heavy atom. The Kier molecular flexibility index (Phi) is 4.26. The summed E-state index contributed by atoms with van der Waals surface area (Å²) in [7, 11) is -3.74. The minimum absolute atomic E-state index is 0.153. The minimum Gasteiger partial charge on any atom is -0.440 e. The number of oxazole rings is 1. The number of aromatic nitrogens is 1. The molecule has 0 unspecified atom stereocenters. The molecular weight excluding hydrogens is 426 g/mol. The Bertz CT molecular complexity index is 1430. The molecule has 32 heavy (non-hydrogen) atoms. The molecule has 1 aromatic heterocycles. The number of sulfonamides is 1. The fourth-order valence-electron chi connectivity index (χ4n) is 4.79. The van der Waals surface area contributed by atoms with Gasteiger partial charge in [-0.05, 0) is 42.5 Å². The zero-order valence-electron chi connectivity index (χ0n) is 17.3. The summed E-state index contributed by atoms with van der Waals surface area (Å²) < 4.78 is 33.4. The van der Waals surface area contributed by atoms with Crippen LogP contribution in [0.5, 0.6) is 0 Å². The molecule has 1 saturated heterocycles. The summed E-state index contributed by atoms with van der Waals surface area (Å²) in [6.07, 6.45) is 1.47. The van der Waals surface area contributed by atoms with Crippen LogP contribution in [0.1, 0.15) is 24.7 Å². The molecule has 2 aliphatic heterocycles. The van der Waals surface area contributed by atoms with Gasteiger partial charge < -0.3 is 9.32 Å². The quantitative estimate of drug-likeness (QED) is 0.476. The first-order valence-electron chi connectivity index (χ1n) is 10.7. The van der Waals surface area contributed by atoms with E-state index in [-0.39, 0.29) is 23.3 Å². The number of anilines is 1. The van der Waals surface area contributed by atoms with Crippen LogP contribution in [-0.4, -0.2) is 43.8 Å². The van der Waals surface area contributed by atoms with Gasteiger partial charge in [0.15, 0.2) is 11.5 Å². The summed E-state index contributed by atoms with van der Waals surface area (Å²) in [5.74, 6) is 0.678. The van der Waals surface area contributed by atoms with Gasteiger partial charge in [-0.25, -0.2) is 13.4 Å². The number of para-hydroxylation sites is 2. The maximum absolute atomic E-state index is 13.1. The molecule has 0 saturated carbocycles. The van der Waals surface area contributed by atoms with Crippen LogP contribution in [-0.2, 0) is 14.8 Å². The van der Waals surface area contributed by atoms with Crippen LogP contribution in [0.15, 0.2) is 70.0 Å². The number of nitrogens with zero attached hydrogens (tertiary/aromatic N) is 3. The molecule has 1 amide bonds. The second kappa shape index (κ2) is 7.06. The number of benzene rings is 3. The van der Waals surface area contributed by atoms with Gasteiger partial charge in [-0.15, -0.1) is 0 Å². The highest BCUT2D eigenvalue weighted by atomic mass is 32.2. The van der Waals surface area contributed by atoms with Gasteiger partial charge in [0.05, 0.1) is 10.6 Å². The summed E-state index contributed by atoms with van der Waals surface area (Å²) in [6, 6.07) is 18.4. The third kappa shape index (κ3) is 2.90. The molecule has 0 spiro atoms. The molecule has 162 valence electrons. The van der Waals surface area contributed by atoms with Crippen molar-refractivity contribution >= 4 is 43.5 Å². The molecule has 8 heteroatoms. The van der Waals surface area contributed by atoms with Crippen molar-refractivity contribution in [1.29, 1.82) is 0 Å². The van der Waals surface area contributed by atoms with Gasteiger partial charge in [0, 0.05) is 24.4 Å². The van der Waals surface area contributed by atoms with Gasteiger partial charge in [0.25, 0.3) is 10.0 Å². The molecular formula is C24H21N3O4S. The van der Waals surface area contributed by atoms with Crippen molar-refractivity contribution in [3.05, 3.63) is 66.6 Å². The Labute approximate surface area is 185 Å². The third-order valence-corrected chi connectivity index (χ3v) is 8.27. The van der Waals surface area contributed by atoms with Crippen LogP contribution in [0.4, 0.5) is 5.69 Å². The molecule has 3 heterocycles. The van der Waals surface area contributed by atoms with Crippen LogP contribution >= 0.6 is 0 Å². The number of amides is 1. The number of piperidine rings is 1. The first kappa shape index (κ1) is 19.3. The van der Waals surface area contributed by atoms with E-state index in [0.29, 0.717) is 30.1 Å². The fourth-order valence-corrected chi connectivity index (χ4v) is 6.45. The van der Waals surface area contributed by atoms with Crippen LogP contribution in [0.2, 0.25) is 0 Å². The van der Waals surface area contributed by atoms with E-state index in [2.05, 4.69) is 4.98 Å². The van der Waals surface area contributed by atoms with E-state index >= 15 is 0 Å². The van der Waals surface area contributed by atoms with E-state index in [1.54, 1.807) is 23.1 Å². The zero-order valence-corrected chi connectivity index (χ0v) is 18.1. The van der Waals surface area contributed by atoms with Gasteiger partial charge in [-0.2, -0.15) is 0 Å². The SMILES string of the molecule is O=C(CN1c2cccc3cccc(c23)S1(=O)=O)N1CCC(c2nc3ccccc3o2)CC1. The van der Waals surface area contributed by atoms with Crippen molar-refractivity contribution in [2.45, 2.75) is 23.7 Å². The average Bonchev–Trinajstić information content (AvgIpc) is 3.34. The molecule has 3 aromatic carbocycles. The summed E-state index contributed by atoms with van der Waals surface area (Å²) >= 11 is 0. The van der Waals surface area contributed by atoms with Crippen LogP contribution in [0, 0.1) is 0 Å². The van der Waals surface area contributed by atoms with Gasteiger partial charge >= 0.3 is 0 Å². The van der Waals surface area contributed by atoms with Crippen molar-refractivity contribution in [2.24, 2.45) is 0 Å². The van der Waals surface area contributed by atoms with E-state index in [1.165, 1.54) is 4.31 Å². The molecule has 2 aliphatic rings. The van der Waals surface area contributed by atoms with E-state index in [4.69, 9.17) is 4.42 Å². The predicted molar refractivity (Wildman–Crippen MR) is 121 cm³/mol.